The lowest BCUT2D eigenvalue weighted by molar-refractivity contribution is -0.161. The zero-order valence-corrected chi connectivity index (χ0v) is 29.3. The molecule has 264 valence electrons. The number of hydrogen-bond donors (Lipinski definition) is 2. The largest absolute Gasteiger partial charge is 0.462 e. The number of allylic oxidation sites excluding steroid dienone is 5. The minimum Gasteiger partial charge on any atom is -0.462 e. The van der Waals surface area contributed by atoms with Gasteiger partial charge in [-0.2, -0.15) is 0 Å². The van der Waals surface area contributed by atoms with Gasteiger partial charge in [0.2, 0.25) is 0 Å². The predicted molar refractivity (Wildman–Crippen MR) is 186 cm³/mol. The molecule has 0 aromatic rings. The Kier molecular flexibility index (Phi) is 25.3. The van der Waals surface area contributed by atoms with Gasteiger partial charge in [0.1, 0.15) is 6.61 Å². The Bertz CT molecular complexity index is 891. The maximum Gasteiger partial charge on any atom is 0.306 e. The summed E-state index contributed by atoms with van der Waals surface area (Å²) in [5.74, 6) is -0.0146. The normalized spacial score (nSPS) is 17.8. The number of unbranched alkanes of at least 4 members (excludes halogenated alkanes) is 12. The smallest absolute Gasteiger partial charge is 0.306 e. The fraction of sp³-hybridized carbons (Fsp3) is 0.769. The van der Waals surface area contributed by atoms with Crippen molar-refractivity contribution in [2.75, 3.05) is 13.2 Å². The van der Waals surface area contributed by atoms with E-state index in [1.54, 1.807) is 12.2 Å². The highest BCUT2D eigenvalue weighted by molar-refractivity contribution is 5.95. The Balaban J connectivity index is 2.11. The Hall–Kier alpha value is -2.25. The summed E-state index contributed by atoms with van der Waals surface area (Å²) in [6.45, 7) is 6.17. The van der Waals surface area contributed by atoms with Gasteiger partial charge in [-0.1, -0.05) is 135 Å². The number of aliphatic hydroxyl groups is 2. The summed E-state index contributed by atoms with van der Waals surface area (Å²) in [6, 6.07) is 0. The molecule has 1 aliphatic carbocycles. The molecule has 0 aromatic heterocycles. The lowest BCUT2D eigenvalue weighted by Crippen LogP contribution is -2.28. The van der Waals surface area contributed by atoms with Crippen LogP contribution in [0.1, 0.15) is 149 Å². The predicted octanol–water partition coefficient (Wildman–Crippen LogP) is 8.76. The molecule has 0 radical (unpaired) electrons. The molecule has 0 saturated heterocycles. The van der Waals surface area contributed by atoms with Gasteiger partial charge in [-0.3, -0.25) is 14.4 Å². The first kappa shape index (κ1) is 41.8. The van der Waals surface area contributed by atoms with E-state index in [9.17, 15) is 24.6 Å². The number of carbonyl (C=O) groups excluding carboxylic acids is 3. The lowest BCUT2D eigenvalue weighted by Gasteiger charge is -2.15. The van der Waals surface area contributed by atoms with Crippen LogP contribution in [0, 0.1) is 17.8 Å². The summed E-state index contributed by atoms with van der Waals surface area (Å²) in [4.78, 5) is 36.6. The van der Waals surface area contributed by atoms with Gasteiger partial charge in [-0.05, 0) is 50.0 Å². The topological polar surface area (TPSA) is 110 Å². The number of carbonyl (C=O) groups is 3. The van der Waals surface area contributed by atoms with Gasteiger partial charge in [-0.25, -0.2) is 0 Å². The van der Waals surface area contributed by atoms with Crippen molar-refractivity contribution >= 4 is 17.7 Å². The third-order valence-corrected chi connectivity index (χ3v) is 8.61. The van der Waals surface area contributed by atoms with Crippen LogP contribution in [-0.4, -0.2) is 53.4 Å². The van der Waals surface area contributed by atoms with Crippen LogP contribution in [0.4, 0.5) is 0 Å². The zero-order chi connectivity index (χ0) is 33.8. The third-order valence-electron chi connectivity index (χ3n) is 8.61. The number of rotatable bonds is 29. The van der Waals surface area contributed by atoms with Crippen molar-refractivity contribution in [3.05, 3.63) is 36.5 Å². The molecule has 2 N–H and O–H groups in total. The molecule has 0 spiro atoms. The average molecular weight is 647 g/mol. The van der Waals surface area contributed by atoms with Gasteiger partial charge in [0.05, 0.1) is 12.7 Å². The fourth-order valence-electron chi connectivity index (χ4n) is 5.67. The summed E-state index contributed by atoms with van der Waals surface area (Å²) in [6.07, 6.45) is 29.7. The molecule has 0 aliphatic heterocycles. The second-order valence-electron chi connectivity index (χ2n) is 13.4. The highest BCUT2D eigenvalue weighted by Crippen LogP contribution is 2.27. The number of aliphatic hydroxyl groups excluding tert-OH is 2. The molecule has 46 heavy (non-hydrogen) atoms. The van der Waals surface area contributed by atoms with E-state index in [0.29, 0.717) is 19.3 Å². The van der Waals surface area contributed by atoms with Crippen LogP contribution in [0.25, 0.3) is 0 Å². The molecule has 7 nitrogen and oxygen atoms in total. The quantitative estimate of drug-likeness (QED) is 0.0475. The maximum absolute atomic E-state index is 12.3. The first-order valence-corrected chi connectivity index (χ1v) is 18.5. The highest BCUT2D eigenvalue weighted by Gasteiger charge is 2.27. The van der Waals surface area contributed by atoms with E-state index in [2.05, 4.69) is 20.8 Å². The summed E-state index contributed by atoms with van der Waals surface area (Å²) < 4.78 is 10.5. The maximum atomic E-state index is 12.3. The van der Waals surface area contributed by atoms with Crippen LogP contribution in [-0.2, 0) is 23.9 Å². The molecule has 7 heteroatoms. The SMILES string of the molecule is CCCCC[C@H](O)/C=C/[C@H]1C(=O)C=C[C@@H]1C/C=C\CCCC(=O)OC[C@H](CO)OC(=O)CCCCCCCCCCCCC(C)C. The van der Waals surface area contributed by atoms with Crippen molar-refractivity contribution in [2.24, 2.45) is 17.8 Å². The van der Waals surface area contributed by atoms with Crippen LogP contribution < -0.4 is 0 Å². The molecule has 1 rings (SSSR count). The first-order chi connectivity index (χ1) is 22.3. The van der Waals surface area contributed by atoms with Crippen molar-refractivity contribution in [2.45, 2.75) is 161 Å². The van der Waals surface area contributed by atoms with E-state index in [0.717, 1.165) is 57.3 Å². The monoisotopic (exact) mass is 646 g/mol. The molecule has 0 heterocycles. The van der Waals surface area contributed by atoms with E-state index >= 15 is 0 Å². The van der Waals surface area contributed by atoms with Crippen LogP contribution in [0.15, 0.2) is 36.5 Å². The molecular weight excluding hydrogens is 580 g/mol. The molecule has 0 saturated carbocycles. The van der Waals surface area contributed by atoms with Gasteiger partial charge in [-0.15, -0.1) is 0 Å². The zero-order valence-electron chi connectivity index (χ0n) is 29.3. The Morgan fingerprint density at radius 2 is 1.48 bits per heavy atom. The summed E-state index contributed by atoms with van der Waals surface area (Å²) in [7, 11) is 0. The van der Waals surface area contributed by atoms with E-state index in [-0.39, 0.29) is 49.2 Å². The highest BCUT2D eigenvalue weighted by atomic mass is 16.6. The fourth-order valence-corrected chi connectivity index (χ4v) is 5.67. The third kappa shape index (κ3) is 22.3. The van der Waals surface area contributed by atoms with E-state index < -0.39 is 12.2 Å². The Morgan fingerprint density at radius 3 is 2.13 bits per heavy atom. The van der Waals surface area contributed by atoms with Crippen LogP contribution in [0.5, 0.6) is 0 Å². The van der Waals surface area contributed by atoms with Gasteiger partial charge >= 0.3 is 11.9 Å². The van der Waals surface area contributed by atoms with Crippen molar-refractivity contribution < 1.29 is 34.1 Å². The van der Waals surface area contributed by atoms with Crippen molar-refractivity contribution in [3.63, 3.8) is 0 Å². The lowest BCUT2D eigenvalue weighted by atomic mass is 9.90. The number of esters is 2. The molecule has 1 aliphatic rings. The minimum absolute atomic E-state index is 0.0733. The minimum atomic E-state index is -0.835. The van der Waals surface area contributed by atoms with Gasteiger partial charge in [0, 0.05) is 18.8 Å². The molecule has 0 aromatic carbocycles. The van der Waals surface area contributed by atoms with Crippen molar-refractivity contribution in [1.29, 1.82) is 0 Å². The summed E-state index contributed by atoms with van der Waals surface area (Å²) in [5.41, 5.74) is 0. The Morgan fingerprint density at radius 1 is 0.848 bits per heavy atom. The van der Waals surface area contributed by atoms with E-state index in [1.165, 1.54) is 51.4 Å². The average Bonchev–Trinajstić information content (AvgIpc) is 3.38. The number of ether oxygens (including phenoxy) is 2. The van der Waals surface area contributed by atoms with Gasteiger partial charge < -0.3 is 19.7 Å². The van der Waals surface area contributed by atoms with Crippen LogP contribution in [0.3, 0.4) is 0 Å². The molecule has 0 amide bonds. The molecular formula is C39H66O7. The summed E-state index contributed by atoms with van der Waals surface area (Å²) >= 11 is 0. The van der Waals surface area contributed by atoms with E-state index in [4.69, 9.17) is 9.47 Å². The Labute approximate surface area is 280 Å². The van der Waals surface area contributed by atoms with Gasteiger partial charge in [0.15, 0.2) is 11.9 Å². The molecule has 0 unspecified atom stereocenters. The molecule has 4 atom stereocenters. The number of hydrogen-bond acceptors (Lipinski definition) is 7. The van der Waals surface area contributed by atoms with Crippen molar-refractivity contribution in [3.8, 4) is 0 Å². The first-order valence-electron chi connectivity index (χ1n) is 18.5. The molecule has 0 fully saturated rings. The van der Waals surface area contributed by atoms with E-state index in [1.807, 2.05) is 24.3 Å². The summed E-state index contributed by atoms with van der Waals surface area (Å²) in [5, 5.41) is 19.7. The van der Waals surface area contributed by atoms with Crippen LogP contribution >= 0.6 is 0 Å². The van der Waals surface area contributed by atoms with Crippen molar-refractivity contribution in [1.82, 2.24) is 0 Å². The second kappa shape index (κ2) is 27.8. The van der Waals surface area contributed by atoms with Crippen LogP contribution in [0.2, 0.25) is 0 Å². The second-order valence-corrected chi connectivity index (χ2v) is 13.4. The molecule has 0 bridgehead atoms. The van der Waals surface area contributed by atoms with Gasteiger partial charge in [0.25, 0.3) is 0 Å². The standard InChI is InChI=1S/C39H66O7/c1-4-5-16-23-34(41)27-28-36-33(26-29-37(36)42)22-18-14-15-19-24-38(43)45-31-35(30-40)46-39(44)25-20-13-11-9-7-6-8-10-12-17-21-32(2)3/h14,18,26-29,32-36,40-41H,4-13,15-17,19-25,30-31H2,1-3H3/b18-14-,28-27+/t33-,34-,35-,36+/m0/s1. The number of ketones is 1.